The van der Waals surface area contributed by atoms with Gasteiger partial charge in [-0.25, -0.2) is 15.0 Å². The zero-order valence-electron chi connectivity index (χ0n) is 17.0. The molecular formula is C21H25F3N4O. The van der Waals surface area contributed by atoms with Crippen LogP contribution >= 0.6 is 0 Å². The Balaban J connectivity index is 2.24. The topological polar surface area (TPSA) is 52.8 Å². The molecule has 0 fully saturated rings. The second-order valence-electron chi connectivity index (χ2n) is 7.05. The minimum atomic E-state index is -4.55. The fraction of sp³-hybridized carbons (Fsp3) is 0.476. The highest BCUT2D eigenvalue weighted by Gasteiger charge is 2.35. The summed E-state index contributed by atoms with van der Waals surface area (Å²) in [6, 6.07) is 4.02. The molecule has 0 aliphatic rings. The molecule has 0 bridgehead atoms. The number of aromatic nitrogens is 4. The minimum Gasteiger partial charge on any atom is -0.497 e. The van der Waals surface area contributed by atoms with E-state index in [0.29, 0.717) is 17.6 Å². The number of alkyl halides is 3. The molecule has 3 rings (SSSR count). The monoisotopic (exact) mass is 406 g/mol. The smallest absolute Gasteiger partial charge is 0.417 e. The number of rotatable bonds is 7. The molecule has 2 heterocycles. The van der Waals surface area contributed by atoms with Gasteiger partial charge in [-0.15, -0.1) is 0 Å². The Bertz CT molecular complexity index is 997. The molecule has 3 aromatic rings. The SMILES string of the molecule is CCCCC(C)n1c(CC)nc2c(-c3ccc(OC)cc3C(F)(F)F)ncnc21. The summed E-state index contributed by atoms with van der Waals surface area (Å²) in [5, 5.41) is 0. The Morgan fingerprint density at radius 2 is 1.93 bits per heavy atom. The maximum atomic E-state index is 13.7. The van der Waals surface area contributed by atoms with Crippen molar-refractivity contribution in [3.05, 3.63) is 35.9 Å². The number of unbranched alkanes of at least 4 members (excludes halogenated alkanes) is 1. The van der Waals surface area contributed by atoms with Gasteiger partial charge in [-0.05, 0) is 31.5 Å². The van der Waals surface area contributed by atoms with Gasteiger partial charge in [0.2, 0.25) is 0 Å². The van der Waals surface area contributed by atoms with Crippen LogP contribution in [0, 0.1) is 0 Å². The molecule has 0 saturated heterocycles. The van der Waals surface area contributed by atoms with Gasteiger partial charge >= 0.3 is 6.18 Å². The molecule has 5 nitrogen and oxygen atoms in total. The van der Waals surface area contributed by atoms with Crippen molar-refractivity contribution in [1.82, 2.24) is 19.5 Å². The van der Waals surface area contributed by atoms with Crippen LogP contribution in [0.1, 0.15) is 57.5 Å². The number of benzene rings is 1. The Kier molecular flexibility index (Phi) is 6.10. The molecule has 156 valence electrons. The summed E-state index contributed by atoms with van der Waals surface area (Å²) in [6.45, 7) is 6.19. The first-order chi connectivity index (χ1) is 13.8. The molecule has 29 heavy (non-hydrogen) atoms. The van der Waals surface area contributed by atoms with Gasteiger partial charge in [0.1, 0.15) is 29.1 Å². The molecule has 1 atom stereocenters. The first kappa shape index (κ1) is 21.1. The highest BCUT2D eigenvalue weighted by atomic mass is 19.4. The lowest BCUT2D eigenvalue weighted by atomic mass is 10.0. The Morgan fingerprint density at radius 1 is 1.17 bits per heavy atom. The van der Waals surface area contributed by atoms with E-state index in [2.05, 4.69) is 28.8 Å². The molecule has 8 heteroatoms. The fourth-order valence-electron chi connectivity index (χ4n) is 3.58. The van der Waals surface area contributed by atoms with E-state index in [1.54, 1.807) is 0 Å². The van der Waals surface area contributed by atoms with Crippen LogP contribution < -0.4 is 4.74 Å². The van der Waals surface area contributed by atoms with Crippen molar-refractivity contribution in [1.29, 1.82) is 0 Å². The number of imidazole rings is 1. The molecule has 0 spiro atoms. The lowest BCUT2D eigenvalue weighted by molar-refractivity contribution is -0.137. The largest absolute Gasteiger partial charge is 0.497 e. The summed E-state index contributed by atoms with van der Waals surface area (Å²) in [5.74, 6) is 0.937. The summed E-state index contributed by atoms with van der Waals surface area (Å²) in [5.41, 5.74) is 0.312. The molecule has 0 aliphatic carbocycles. The molecular weight excluding hydrogens is 381 g/mol. The molecule has 0 amide bonds. The van der Waals surface area contributed by atoms with E-state index in [9.17, 15) is 13.2 Å². The van der Waals surface area contributed by atoms with Gasteiger partial charge in [-0.2, -0.15) is 13.2 Å². The second kappa shape index (κ2) is 8.39. The number of hydrogen-bond donors (Lipinski definition) is 0. The van der Waals surface area contributed by atoms with Crippen molar-refractivity contribution < 1.29 is 17.9 Å². The summed E-state index contributed by atoms with van der Waals surface area (Å²) in [4.78, 5) is 13.2. The normalized spacial score (nSPS) is 13.1. The highest BCUT2D eigenvalue weighted by molar-refractivity contribution is 5.89. The van der Waals surface area contributed by atoms with E-state index in [0.717, 1.165) is 31.2 Å². The predicted molar refractivity (Wildman–Crippen MR) is 106 cm³/mol. The van der Waals surface area contributed by atoms with Gasteiger partial charge in [0.25, 0.3) is 0 Å². The Hall–Kier alpha value is -2.64. The van der Waals surface area contributed by atoms with Crippen molar-refractivity contribution in [3.63, 3.8) is 0 Å². The zero-order chi connectivity index (χ0) is 21.2. The number of nitrogens with zero attached hydrogens (tertiary/aromatic N) is 4. The van der Waals surface area contributed by atoms with Crippen LogP contribution in [-0.4, -0.2) is 26.6 Å². The van der Waals surface area contributed by atoms with Gasteiger partial charge < -0.3 is 9.30 Å². The molecule has 0 saturated carbocycles. The average molecular weight is 406 g/mol. The number of fused-ring (bicyclic) bond motifs is 1. The second-order valence-corrected chi connectivity index (χ2v) is 7.05. The molecule has 2 aromatic heterocycles. The van der Waals surface area contributed by atoms with Crippen LogP contribution in [0.25, 0.3) is 22.4 Å². The van der Waals surface area contributed by atoms with E-state index in [1.807, 2.05) is 11.5 Å². The first-order valence-electron chi connectivity index (χ1n) is 9.79. The quantitative estimate of drug-likeness (QED) is 0.495. The number of ether oxygens (including phenoxy) is 1. The van der Waals surface area contributed by atoms with Gasteiger partial charge in [0.15, 0.2) is 5.65 Å². The van der Waals surface area contributed by atoms with E-state index in [4.69, 9.17) is 4.74 Å². The first-order valence-corrected chi connectivity index (χ1v) is 9.79. The molecule has 1 unspecified atom stereocenters. The fourth-order valence-corrected chi connectivity index (χ4v) is 3.58. The zero-order valence-corrected chi connectivity index (χ0v) is 17.0. The maximum Gasteiger partial charge on any atom is 0.417 e. The molecule has 0 N–H and O–H groups in total. The summed E-state index contributed by atoms with van der Waals surface area (Å²) < 4.78 is 48.3. The van der Waals surface area contributed by atoms with E-state index < -0.39 is 11.7 Å². The van der Waals surface area contributed by atoms with Crippen molar-refractivity contribution in [2.45, 2.75) is 58.7 Å². The minimum absolute atomic E-state index is 0.0285. The lowest BCUT2D eigenvalue weighted by Crippen LogP contribution is -2.10. The van der Waals surface area contributed by atoms with Crippen LogP contribution in [0.4, 0.5) is 13.2 Å². The third kappa shape index (κ3) is 4.06. The number of halogens is 3. The molecule has 0 aliphatic heterocycles. The number of methoxy groups -OCH3 is 1. The highest BCUT2D eigenvalue weighted by Crippen LogP contribution is 2.40. The van der Waals surface area contributed by atoms with Crippen molar-refractivity contribution in [2.75, 3.05) is 7.11 Å². The van der Waals surface area contributed by atoms with E-state index >= 15 is 0 Å². The van der Waals surface area contributed by atoms with E-state index in [-0.39, 0.29) is 23.0 Å². The van der Waals surface area contributed by atoms with Gasteiger partial charge in [0, 0.05) is 18.0 Å². The Labute approximate surface area is 168 Å². The third-order valence-corrected chi connectivity index (χ3v) is 5.07. The average Bonchev–Trinajstić information content (AvgIpc) is 3.09. The summed E-state index contributed by atoms with van der Waals surface area (Å²) in [6.07, 6.45) is 0.488. The van der Waals surface area contributed by atoms with Crippen LogP contribution in [0.3, 0.4) is 0 Å². The van der Waals surface area contributed by atoms with Crippen LogP contribution in [0.2, 0.25) is 0 Å². The Morgan fingerprint density at radius 3 is 2.55 bits per heavy atom. The van der Waals surface area contributed by atoms with Crippen molar-refractivity contribution >= 4 is 11.2 Å². The lowest BCUT2D eigenvalue weighted by Gasteiger charge is -2.16. The maximum absolute atomic E-state index is 13.7. The summed E-state index contributed by atoms with van der Waals surface area (Å²) >= 11 is 0. The third-order valence-electron chi connectivity index (χ3n) is 5.07. The van der Waals surface area contributed by atoms with E-state index in [1.165, 1.54) is 25.6 Å². The van der Waals surface area contributed by atoms with Crippen molar-refractivity contribution in [2.24, 2.45) is 0 Å². The van der Waals surface area contributed by atoms with Crippen LogP contribution in [0.15, 0.2) is 24.5 Å². The van der Waals surface area contributed by atoms with Crippen LogP contribution in [-0.2, 0) is 12.6 Å². The van der Waals surface area contributed by atoms with Crippen molar-refractivity contribution in [3.8, 4) is 17.0 Å². The van der Waals surface area contributed by atoms with Gasteiger partial charge in [-0.1, -0.05) is 26.7 Å². The number of hydrogen-bond acceptors (Lipinski definition) is 4. The molecule has 1 aromatic carbocycles. The predicted octanol–water partition coefficient (Wildman–Crippen LogP) is 5.83. The van der Waals surface area contributed by atoms with Gasteiger partial charge in [0.05, 0.1) is 12.7 Å². The molecule has 0 radical (unpaired) electrons. The number of aryl methyl sites for hydroxylation is 1. The van der Waals surface area contributed by atoms with Gasteiger partial charge in [-0.3, -0.25) is 0 Å². The summed E-state index contributed by atoms with van der Waals surface area (Å²) in [7, 11) is 1.34. The standard InChI is InChI=1S/C21H25F3N4O/c1-5-7-8-13(3)28-17(6-2)27-19-18(25-12-26-20(19)28)15-10-9-14(29-4)11-16(15)21(22,23)24/h9-13H,5-8H2,1-4H3. The van der Waals surface area contributed by atoms with Crippen LogP contribution in [0.5, 0.6) is 5.75 Å².